The van der Waals surface area contributed by atoms with E-state index in [2.05, 4.69) is 20.3 Å². The van der Waals surface area contributed by atoms with Gasteiger partial charge in [0.05, 0.1) is 19.2 Å². The van der Waals surface area contributed by atoms with Crippen molar-refractivity contribution in [3.8, 4) is 5.75 Å². The molecule has 8 heteroatoms. The summed E-state index contributed by atoms with van der Waals surface area (Å²) in [5.74, 6) is -0.0802. The first kappa shape index (κ1) is 15.3. The molecule has 1 aromatic heterocycles. The van der Waals surface area contributed by atoms with Crippen molar-refractivity contribution in [3.05, 3.63) is 40.4 Å². The van der Waals surface area contributed by atoms with Gasteiger partial charge in [0, 0.05) is 29.0 Å². The van der Waals surface area contributed by atoms with E-state index in [9.17, 15) is 9.59 Å². The van der Waals surface area contributed by atoms with E-state index in [1.54, 1.807) is 18.2 Å². The van der Waals surface area contributed by atoms with Crippen LogP contribution in [-0.4, -0.2) is 30.3 Å². The third-order valence-electron chi connectivity index (χ3n) is 2.87. The minimum atomic E-state index is -0.386. The number of ketones is 1. The van der Waals surface area contributed by atoms with Crippen LogP contribution in [0.1, 0.15) is 17.4 Å². The standard InChI is InChI=1S/C14H13N5O3/c1-8(20)17-9-5-12-10(14(6-9)22-2)3-4-11(18-12)13(21)7-16-19-15/h3-6H,7H2,1-2H3,(H,17,20). The minimum absolute atomic E-state index is 0.182. The molecule has 2 rings (SSSR count). The average molecular weight is 299 g/mol. The van der Waals surface area contributed by atoms with Gasteiger partial charge in [-0.1, -0.05) is 5.11 Å². The van der Waals surface area contributed by atoms with Gasteiger partial charge in [-0.15, -0.1) is 0 Å². The van der Waals surface area contributed by atoms with E-state index in [1.165, 1.54) is 20.1 Å². The SMILES string of the molecule is COc1cc(NC(C)=O)cc2nc(C(=O)CN=[N+]=[N-])ccc12. The van der Waals surface area contributed by atoms with Crippen LogP contribution in [0.2, 0.25) is 0 Å². The summed E-state index contributed by atoms with van der Waals surface area (Å²) < 4.78 is 5.27. The second-order valence-corrected chi connectivity index (χ2v) is 4.44. The normalized spacial score (nSPS) is 9.91. The number of nitrogens with one attached hydrogen (secondary N) is 1. The van der Waals surface area contributed by atoms with Crippen molar-refractivity contribution in [3.63, 3.8) is 0 Å². The summed E-state index contributed by atoms with van der Waals surface area (Å²) in [7, 11) is 1.51. The molecule has 1 N–H and O–H groups in total. The van der Waals surface area contributed by atoms with Gasteiger partial charge in [-0.2, -0.15) is 0 Å². The summed E-state index contributed by atoms with van der Waals surface area (Å²) in [5.41, 5.74) is 9.45. The Labute approximate surface area is 125 Å². The Hall–Kier alpha value is -3.12. The average Bonchev–Trinajstić information content (AvgIpc) is 2.50. The molecule has 0 atom stereocenters. The fourth-order valence-corrected chi connectivity index (χ4v) is 1.98. The quantitative estimate of drug-likeness (QED) is 0.395. The lowest BCUT2D eigenvalue weighted by atomic mass is 10.1. The molecule has 0 unspecified atom stereocenters. The molecule has 0 fully saturated rings. The fourth-order valence-electron chi connectivity index (χ4n) is 1.98. The lowest BCUT2D eigenvalue weighted by Crippen LogP contribution is -2.07. The zero-order valence-corrected chi connectivity index (χ0v) is 12.0. The van der Waals surface area contributed by atoms with Gasteiger partial charge in [0.1, 0.15) is 11.4 Å². The molecule has 0 radical (unpaired) electrons. The van der Waals surface area contributed by atoms with Crippen molar-refractivity contribution < 1.29 is 14.3 Å². The maximum absolute atomic E-state index is 11.8. The van der Waals surface area contributed by atoms with E-state index in [1.807, 2.05) is 0 Å². The highest BCUT2D eigenvalue weighted by Crippen LogP contribution is 2.29. The molecule has 22 heavy (non-hydrogen) atoms. The molecule has 0 aliphatic rings. The van der Waals surface area contributed by atoms with E-state index < -0.39 is 0 Å². The molecule has 2 aromatic rings. The molecule has 0 saturated carbocycles. The van der Waals surface area contributed by atoms with Crippen LogP contribution in [0.15, 0.2) is 29.4 Å². The molecule has 1 amide bonds. The number of amides is 1. The lowest BCUT2D eigenvalue weighted by molar-refractivity contribution is -0.114. The number of carbonyl (C=O) groups excluding carboxylic acids is 2. The molecule has 1 aromatic carbocycles. The Kier molecular flexibility index (Phi) is 4.55. The van der Waals surface area contributed by atoms with Gasteiger partial charge in [-0.3, -0.25) is 9.59 Å². The van der Waals surface area contributed by atoms with Gasteiger partial charge in [0.25, 0.3) is 0 Å². The number of Topliss-reactive ketones (excluding diaryl/α,β-unsaturated/α-hetero) is 1. The number of rotatable bonds is 5. The first-order valence-corrected chi connectivity index (χ1v) is 6.35. The molecule has 1 heterocycles. The van der Waals surface area contributed by atoms with Crippen LogP contribution < -0.4 is 10.1 Å². The van der Waals surface area contributed by atoms with Crippen LogP contribution in [0.25, 0.3) is 21.3 Å². The third-order valence-corrected chi connectivity index (χ3v) is 2.87. The van der Waals surface area contributed by atoms with Crippen molar-refractivity contribution >= 4 is 28.3 Å². The number of anilines is 1. The Bertz CT molecular complexity index is 796. The molecular formula is C14H13N5O3. The van der Waals surface area contributed by atoms with Gasteiger partial charge in [-0.05, 0) is 23.7 Å². The van der Waals surface area contributed by atoms with Crippen molar-refractivity contribution in [1.29, 1.82) is 0 Å². The van der Waals surface area contributed by atoms with Crippen LogP contribution >= 0.6 is 0 Å². The molecule has 112 valence electrons. The lowest BCUT2D eigenvalue weighted by Gasteiger charge is -2.10. The minimum Gasteiger partial charge on any atom is -0.496 e. The van der Waals surface area contributed by atoms with Gasteiger partial charge in [0.15, 0.2) is 5.78 Å². The van der Waals surface area contributed by atoms with E-state index in [4.69, 9.17) is 10.3 Å². The number of pyridine rings is 1. The van der Waals surface area contributed by atoms with E-state index in [-0.39, 0.29) is 23.9 Å². The smallest absolute Gasteiger partial charge is 0.221 e. The number of aromatic nitrogens is 1. The molecule has 0 aliphatic carbocycles. The molecular weight excluding hydrogens is 286 g/mol. The van der Waals surface area contributed by atoms with E-state index >= 15 is 0 Å². The third kappa shape index (κ3) is 3.31. The van der Waals surface area contributed by atoms with Crippen LogP contribution in [0, 0.1) is 0 Å². The second-order valence-electron chi connectivity index (χ2n) is 4.44. The van der Waals surface area contributed by atoms with Crippen LogP contribution in [0.3, 0.4) is 0 Å². The van der Waals surface area contributed by atoms with Gasteiger partial charge >= 0.3 is 0 Å². The van der Waals surface area contributed by atoms with Crippen molar-refractivity contribution in [2.24, 2.45) is 5.11 Å². The van der Waals surface area contributed by atoms with Gasteiger partial charge < -0.3 is 10.1 Å². The number of hydrogen-bond acceptors (Lipinski definition) is 5. The van der Waals surface area contributed by atoms with Crippen molar-refractivity contribution in [2.45, 2.75) is 6.92 Å². The summed E-state index contributed by atoms with van der Waals surface area (Å²) in [4.78, 5) is 29.8. The van der Waals surface area contributed by atoms with E-state index in [0.29, 0.717) is 22.3 Å². The highest BCUT2D eigenvalue weighted by Gasteiger charge is 2.11. The van der Waals surface area contributed by atoms with Crippen LogP contribution in [-0.2, 0) is 4.79 Å². The monoisotopic (exact) mass is 299 g/mol. The number of methoxy groups -OCH3 is 1. The number of ether oxygens (including phenoxy) is 1. The summed E-state index contributed by atoms with van der Waals surface area (Å²) >= 11 is 0. The number of nitrogens with zero attached hydrogens (tertiary/aromatic N) is 4. The Morgan fingerprint density at radius 2 is 2.18 bits per heavy atom. The number of hydrogen-bond donors (Lipinski definition) is 1. The summed E-state index contributed by atoms with van der Waals surface area (Å²) in [6.45, 7) is 1.10. The molecule has 8 nitrogen and oxygen atoms in total. The highest BCUT2D eigenvalue weighted by molar-refractivity contribution is 6.00. The zero-order chi connectivity index (χ0) is 16.1. The second kappa shape index (κ2) is 6.55. The predicted octanol–water partition coefficient (Wildman–Crippen LogP) is 2.69. The summed E-state index contributed by atoms with van der Waals surface area (Å²) in [5, 5.41) is 6.58. The van der Waals surface area contributed by atoms with Crippen LogP contribution in [0.5, 0.6) is 5.75 Å². The Balaban J connectivity index is 2.51. The van der Waals surface area contributed by atoms with Crippen molar-refractivity contribution in [2.75, 3.05) is 19.0 Å². The number of fused-ring (bicyclic) bond motifs is 1. The molecule has 0 bridgehead atoms. The number of benzene rings is 1. The van der Waals surface area contributed by atoms with Gasteiger partial charge in [0.2, 0.25) is 5.91 Å². The Morgan fingerprint density at radius 1 is 1.41 bits per heavy atom. The van der Waals surface area contributed by atoms with Crippen molar-refractivity contribution in [1.82, 2.24) is 4.98 Å². The molecule has 0 aliphatic heterocycles. The first-order chi connectivity index (χ1) is 10.5. The fraction of sp³-hybridized carbons (Fsp3) is 0.214. The molecule has 0 saturated heterocycles. The van der Waals surface area contributed by atoms with E-state index in [0.717, 1.165) is 0 Å². The summed E-state index contributed by atoms with van der Waals surface area (Å²) in [6.07, 6.45) is 0. The predicted molar refractivity (Wildman–Crippen MR) is 80.9 cm³/mol. The molecule has 0 spiro atoms. The highest BCUT2D eigenvalue weighted by atomic mass is 16.5. The number of azide groups is 1. The first-order valence-electron chi connectivity index (χ1n) is 6.35. The maximum atomic E-state index is 11.8. The van der Waals surface area contributed by atoms with Crippen LogP contribution in [0.4, 0.5) is 5.69 Å². The van der Waals surface area contributed by atoms with Gasteiger partial charge in [-0.25, -0.2) is 4.98 Å². The Morgan fingerprint density at radius 3 is 2.82 bits per heavy atom. The topological polar surface area (TPSA) is 117 Å². The largest absolute Gasteiger partial charge is 0.496 e. The zero-order valence-electron chi connectivity index (χ0n) is 12.0. The summed E-state index contributed by atoms with van der Waals surface area (Å²) in [6, 6.07) is 6.55. The number of carbonyl (C=O) groups is 2. The maximum Gasteiger partial charge on any atom is 0.221 e.